The van der Waals surface area contributed by atoms with Crippen molar-refractivity contribution in [2.24, 2.45) is 11.8 Å². The van der Waals surface area contributed by atoms with Crippen molar-refractivity contribution in [3.05, 3.63) is 46.0 Å². The van der Waals surface area contributed by atoms with Crippen LogP contribution in [0.3, 0.4) is 0 Å². The van der Waals surface area contributed by atoms with E-state index in [9.17, 15) is 29.3 Å². The van der Waals surface area contributed by atoms with E-state index in [0.29, 0.717) is 24.1 Å². The van der Waals surface area contributed by atoms with Gasteiger partial charge in [0.2, 0.25) is 11.8 Å². The third-order valence-corrected chi connectivity index (χ3v) is 4.95. The monoisotopic (exact) mass is 401 g/mol. The van der Waals surface area contributed by atoms with Crippen molar-refractivity contribution in [2.75, 3.05) is 18.5 Å². The molecule has 2 atom stereocenters. The van der Waals surface area contributed by atoms with Crippen LogP contribution in [-0.2, 0) is 23.9 Å². The maximum atomic E-state index is 12.3. The Balaban J connectivity index is 1.51. The molecule has 10 heteroatoms. The lowest BCUT2D eigenvalue weighted by Gasteiger charge is -2.14. The molecule has 1 aliphatic carbocycles. The lowest BCUT2D eigenvalue weighted by atomic mass is 9.85. The zero-order chi connectivity index (χ0) is 21.1. The van der Waals surface area contributed by atoms with Gasteiger partial charge in [-0.05, 0) is 31.4 Å². The first-order chi connectivity index (χ1) is 13.8. The summed E-state index contributed by atoms with van der Waals surface area (Å²) in [5, 5.41) is 13.2. The molecule has 1 fully saturated rings. The van der Waals surface area contributed by atoms with Gasteiger partial charge in [-0.25, -0.2) is 0 Å². The molecule has 0 bridgehead atoms. The standard InChI is InChI=1S/C19H19N3O7/c1-11-8-12(22(27)28)6-7-15(11)20-16(23)10-29-17(24)9-21-18(25)13-4-2-3-5-14(13)19(21)26/h2-3,6-8,13-14H,4-5,9-10H2,1H3,(H,20,23)/t13-,14-/m1/s1. The maximum Gasteiger partial charge on any atom is 0.326 e. The Morgan fingerprint density at radius 1 is 1.21 bits per heavy atom. The number of anilines is 1. The number of rotatable bonds is 6. The fourth-order valence-electron chi connectivity index (χ4n) is 3.43. The minimum absolute atomic E-state index is 0.109. The number of amides is 3. The Morgan fingerprint density at radius 3 is 2.38 bits per heavy atom. The Kier molecular flexibility index (Phi) is 5.71. The van der Waals surface area contributed by atoms with Crippen LogP contribution >= 0.6 is 0 Å². The van der Waals surface area contributed by atoms with Crippen molar-refractivity contribution in [2.45, 2.75) is 19.8 Å². The van der Waals surface area contributed by atoms with Gasteiger partial charge in [0.25, 0.3) is 11.6 Å². The van der Waals surface area contributed by atoms with Crippen LogP contribution in [0.1, 0.15) is 18.4 Å². The average molecular weight is 401 g/mol. The van der Waals surface area contributed by atoms with Gasteiger partial charge in [-0.2, -0.15) is 0 Å². The number of likely N-dealkylation sites (tertiary alicyclic amines) is 1. The van der Waals surface area contributed by atoms with Crippen LogP contribution in [0, 0.1) is 28.9 Å². The molecule has 1 saturated heterocycles. The summed E-state index contributed by atoms with van der Waals surface area (Å²) in [5.41, 5.74) is 0.712. The van der Waals surface area contributed by atoms with Gasteiger partial charge in [0, 0.05) is 17.8 Å². The van der Waals surface area contributed by atoms with E-state index in [2.05, 4.69) is 5.32 Å². The topological polar surface area (TPSA) is 136 Å². The third kappa shape index (κ3) is 4.31. The second-order valence-electron chi connectivity index (χ2n) is 6.88. The average Bonchev–Trinajstić information content (AvgIpc) is 2.93. The highest BCUT2D eigenvalue weighted by molar-refractivity contribution is 6.07. The van der Waals surface area contributed by atoms with Crippen molar-refractivity contribution in [3.8, 4) is 0 Å². The second-order valence-corrected chi connectivity index (χ2v) is 6.88. The molecule has 10 nitrogen and oxygen atoms in total. The maximum absolute atomic E-state index is 12.3. The predicted octanol–water partition coefficient (Wildman–Crippen LogP) is 1.34. The van der Waals surface area contributed by atoms with Crippen molar-refractivity contribution in [1.82, 2.24) is 4.90 Å². The van der Waals surface area contributed by atoms with E-state index >= 15 is 0 Å². The van der Waals surface area contributed by atoms with Gasteiger partial charge in [0.05, 0.1) is 16.8 Å². The molecule has 0 aromatic heterocycles. The predicted molar refractivity (Wildman–Crippen MR) is 99.5 cm³/mol. The number of nitrogens with one attached hydrogen (secondary N) is 1. The van der Waals surface area contributed by atoms with Crippen molar-refractivity contribution < 1.29 is 28.8 Å². The number of aryl methyl sites for hydroxylation is 1. The lowest BCUT2D eigenvalue weighted by Crippen LogP contribution is -2.37. The van der Waals surface area contributed by atoms with Gasteiger partial charge in [-0.3, -0.25) is 34.2 Å². The molecule has 1 aromatic carbocycles. The Morgan fingerprint density at radius 2 is 1.83 bits per heavy atom. The number of nitro groups is 1. The molecule has 1 heterocycles. The number of nitrogens with zero attached hydrogens (tertiary/aromatic N) is 2. The molecule has 1 aromatic rings. The van der Waals surface area contributed by atoms with Crippen LogP contribution in [-0.4, -0.2) is 46.7 Å². The number of nitro benzene ring substituents is 1. The van der Waals surface area contributed by atoms with E-state index < -0.39 is 53.6 Å². The Labute approximate surface area is 165 Å². The van der Waals surface area contributed by atoms with Gasteiger partial charge in [-0.15, -0.1) is 0 Å². The zero-order valence-corrected chi connectivity index (χ0v) is 15.6. The molecule has 1 aliphatic heterocycles. The van der Waals surface area contributed by atoms with Crippen LogP contribution in [0.4, 0.5) is 11.4 Å². The SMILES string of the molecule is Cc1cc([N+](=O)[O-])ccc1NC(=O)COC(=O)CN1C(=O)[C@@H]2CC=CC[C@H]2C1=O. The molecule has 29 heavy (non-hydrogen) atoms. The van der Waals surface area contributed by atoms with Gasteiger partial charge in [0.1, 0.15) is 6.54 Å². The first-order valence-corrected chi connectivity index (χ1v) is 8.98. The number of hydrogen-bond acceptors (Lipinski definition) is 7. The number of esters is 1. The quantitative estimate of drug-likeness (QED) is 0.250. The van der Waals surface area contributed by atoms with E-state index in [1.807, 2.05) is 12.2 Å². The van der Waals surface area contributed by atoms with Crippen LogP contribution in [0.5, 0.6) is 0 Å². The fourth-order valence-corrected chi connectivity index (χ4v) is 3.43. The van der Waals surface area contributed by atoms with E-state index in [0.717, 1.165) is 4.90 Å². The molecule has 0 radical (unpaired) electrons. The number of carbonyl (C=O) groups excluding carboxylic acids is 4. The largest absolute Gasteiger partial charge is 0.454 e. The number of imide groups is 1. The summed E-state index contributed by atoms with van der Waals surface area (Å²) in [6, 6.07) is 3.93. The van der Waals surface area contributed by atoms with Crippen molar-refractivity contribution in [1.29, 1.82) is 0 Å². The Hall–Kier alpha value is -3.56. The number of hydrogen-bond donors (Lipinski definition) is 1. The summed E-state index contributed by atoms with van der Waals surface area (Å²) in [5.74, 6) is -3.18. The highest BCUT2D eigenvalue weighted by atomic mass is 16.6. The minimum Gasteiger partial charge on any atom is -0.454 e. The molecule has 2 aliphatic rings. The molecule has 0 spiro atoms. The third-order valence-electron chi connectivity index (χ3n) is 4.95. The van der Waals surface area contributed by atoms with Crippen LogP contribution < -0.4 is 5.32 Å². The van der Waals surface area contributed by atoms with Crippen molar-refractivity contribution >= 4 is 35.1 Å². The zero-order valence-electron chi connectivity index (χ0n) is 15.6. The molecule has 3 rings (SSSR count). The smallest absolute Gasteiger partial charge is 0.326 e. The van der Waals surface area contributed by atoms with Gasteiger partial charge >= 0.3 is 5.97 Å². The molecule has 1 N–H and O–H groups in total. The molecular weight excluding hydrogens is 382 g/mol. The van der Waals surface area contributed by atoms with Crippen LogP contribution in [0.15, 0.2) is 30.4 Å². The normalized spacial score (nSPS) is 20.4. The molecule has 152 valence electrons. The molecule has 3 amide bonds. The summed E-state index contributed by atoms with van der Waals surface area (Å²) >= 11 is 0. The summed E-state index contributed by atoms with van der Waals surface area (Å²) in [4.78, 5) is 59.7. The van der Waals surface area contributed by atoms with Crippen LogP contribution in [0.2, 0.25) is 0 Å². The summed E-state index contributed by atoms with van der Waals surface area (Å²) in [7, 11) is 0. The molecular formula is C19H19N3O7. The van der Waals surface area contributed by atoms with E-state index in [4.69, 9.17) is 4.74 Å². The van der Waals surface area contributed by atoms with Crippen LogP contribution in [0.25, 0.3) is 0 Å². The van der Waals surface area contributed by atoms with E-state index in [1.54, 1.807) is 6.92 Å². The number of fused-ring (bicyclic) bond motifs is 1. The van der Waals surface area contributed by atoms with Crippen molar-refractivity contribution in [3.63, 3.8) is 0 Å². The van der Waals surface area contributed by atoms with E-state index in [1.165, 1.54) is 18.2 Å². The first kappa shape index (κ1) is 20.2. The summed E-state index contributed by atoms with van der Waals surface area (Å²) in [6.45, 7) is 0.446. The number of allylic oxidation sites excluding steroid dienone is 2. The van der Waals surface area contributed by atoms with Gasteiger partial charge in [-0.1, -0.05) is 12.2 Å². The summed E-state index contributed by atoms with van der Waals surface area (Å²) in [6.07, 6.45) is 4.63. The first-order valence-electron chi connectivity index (χ1n) is 8.98. The number of ether oxygens (including phenoxy) is 1. The number of carbonyl (C=O) groups is 4. The number of non-ortho nitro benzene ring substituents is 1. The Bertz CT molecular complexity index is 898. The lowest BCUT2D eigenvalue weighted by molar-refractivity contribution is -0.384. The van der Waals surface area contributed by atoms with Gasteiger partial charge < -0.3 is 10.1 Å². The number of benzene rings is 1. The second kappa shape index (κ2) is 8.21. The van der Waals surface area contributed by atoms with E-state index in [-0.39, 0.29) is 5.69 Å². The highest BCUT2D eigenvalue weighted by Gasteiger charge is 2.47. The molecule has 0 saturated carbocycles. The fraction of sp³-hybridized carbons (Fsp3) is 0.368. The van der Waals surface area contributed by atoms with Gasteiger partial charge in [0.15, 0.2) is 6.61 Å². The minimum atomic E-state index is -0.867. The summed E-state index contributed by atoms with van der Waals surface area (Å²) < 4.78 is 4.87. The highest BCUT2D eigenvalue weighted by Crippen LogP contribution is 2.34. The molecule has 0 unspecified atom stereocenters.